The summed E-state index contributed by atoms with van der Waals surface area (Å²) in [6.07, 6.45) is 0. The second-order valence-corrected chi connectivity index (χ2v) is 3.42. The Balaban J connectivity index is 3.14. The van der Waals surface area contributed by atoms with Gasteiger partial charge in [-0.3, -0.25) is 0 Å². The molecule has 74 valence electrons. The largest absolute Gasteiger partial charge is 0.496 e. The standard InChI is InChI=1S/C12H14OS/c1-9-7-11(5-4-6-14)8-10(2)12(9)13-3/h7-8,14H,6H2,1-3H3. The third-order valence-electron chi connectivity index (χ3n) is 1.98. The Hall–Kier alpha value is -1.07. The number of thiol groups is 1. The van der Waals surface area contributed by atoms with Crippen LogP contribution in [0.2, 0.25) is 0 Å². The second kappa shape index (κ2) is 4.97. The van der Waals surface area contributed by atoms with Crippen molar-refractivity contribution < 1.29 is 4.74 Å². The summed E-state index contributed by atoms with van der Waals surface area (Å²) < 4.78 is 5.27. The number of hydrogen-bond donors (Lipinski definition) is 1. The molecule has 0 aliphatic heterocycles. The number of aryl methyl sites for hydroxylation is 2. The number of methoxy groups -OCH3 is 1. The van der Waals surface area contributed by atoms with Crippen molar-refractivity contribution in [3.8, 4) is 17.6 Å². The van der Waals surface area contributed by atoms with Crippen molar-refractivity contribution in [3.05, 3.63) is 28.8 Å². The molecule has 0 amide bonds. The molecule has 2 heteroatoms. The fourth-order valence-electron chi connectivity index (χ4n) is 1.49. The van der Waals surface area contributed by atoms with E-state index in [2.05, 4.69) is 24.5 Å². The summed E-state index contributed by atoms with van der Waals surface area (Å²) >= 11 is 4.04. The molecule has 0 radical (unpaired) electrons. The SMILES string of the molecule is COc1c(C)cc(C#CCS)cc1C. The van der Waals surface area contributed by atoms with Gasteiger partial charge in [0.15, 0.2) is 0 Å². The summed E-state index contributed by atoms with van der Waals surface area (Å²) in [4.78, 5) is 0. The van der Waals surface area contributed by atoms with E-state index in [9.17, 15) is 0 Å². The molecule has 0 aliphatic carbocycles. The Bertz CT molecular complexity index is 362. The van der Waals surface area contributed by atoms with E-state index in [1.165, 1.54) is 0 Å². The normalized spacial score (nSPS) is 9.14. The van der Waals surface area contributed by atoms with Crippen LogP contribution in [-0.4, -0.2) is 12.9 Å². The highest BCUT2D eigenvalue weighted by Gasteiger charge is 2.03. The fraction of sp³-hybridized carbons (Fsp3) is 0.333. The van der Waals surface area contributed by atoms with Crippen molar-refractivity contribution in [3.63, 3.8) is 0 Å². The van der Waals surface area contributed by atoms with Crippen LogP contribution in [0.4, 0.5) is 0 Å². The molecule has 0 heterocycles. The van der Waals surface area contributed by atoms with Crippen LogP contribution in [0.3, 0.4) is 0 Å². The molecular weight excluding hydrogens is 192 g/mol. The van der Waals surface area contributed by atoms with E-state index < -0.39 is 0 Å². The Morgan fingerprint density at radius 2 is 1.86 bits per heavy atom. The third-order valence-corrected chi connectivity index (χ3v) is 2.13. The van der Waals surface area contributed by atoms with E-state index in [1.54, 1.807) is 7.11 Å². The van der Waals surface area contributed by atoms with Gasteiger partial charge in [-0.1, -0.05) is 11.8 Å². The zero-order chi connectivity index (χ0) is 10.6. The van der Waals surface area contributed by atoms with E-state index in [4.69, 9.17) is 4.74 Å². The molecule has 1 aromatic carbocycles. The Morgan fingerprint density at radius 1 is 1.29 bits per heavy atom. The Labute approximate surface area is 90.9 Å². The van der Waals surface area contributed by atoms with Crippen molar-refractivity contribution in [2.45, 2.75) is 13.8 Å². The van der Waals surface area contributed by atoms with Gasteiger partial charge < -0.3 is 4.74 Å². The molecule has 0 N–H and O–H groups in total. The number of ether oxygens (including phenoxy) is 1. The van der Waals surface area contributed by atoms with Crippen LogP contribution in [0.5, 0.6) is 5.75 Å². The lowest BCUT2D eigenvalue weighted by Gasteiger charge is -2.08. The van der Waals surface area contributed by atoms with Gasteiger partial charge in [0.2, 0.25) is 0 Å². The highest BCUT2D eigenvalue weighted by molar-refractivity contribution is 7.80. The molecule has 0 fully saturated rings. The van der Waals surface area contributed by atoms with E-state index >= 15 is 0 Å². The van der Waals surface area contributed by atoms with Gasteiger partial charge in [0.05, 0.1) is 12.9 Å². The summed E-state index contributed by atoms with van der Waals surface area (Å²) in [5, 5.41) is 0. The second-order valence-electron chi connectivity index (χ2n) is 3.10. The van der Waals surface area contributed by atoms with Gasteiger partial charge in [-0.2, -0.15) is 12.6 Å². The van der Waals surface area contributed by atoms with Crippen LogP contribution in [0.1, 0.15) is 16.7 Å². The maximum Gasteiger partial charge on any atom is 0.124 e. The zero-order valence-corrected chi connectivity index (χ0v) is 9.61. The van der Waals surface area contributed by atoms with Crippen LogP contribution in [0, 0.1) is 25.7 Å². The highest BCUT2D eigenvalue weighted by atomic mass is 32.1. The third kappa shape index (κ3) is 2.46. The lowest BCUT2D eigenvalue weighted by atomic mass is 10.1. The van der Waals surface area contributed by atoms with Crippen molar-refractivity contribution in [1.82, 2.24) is 0 Å². The minimum atomic E-state index is 0.587. The summed E-state index contributed by atoms with van der Waals surface area (Å²) in [5.74, 6) is 7.51. The molecule has 0 saturated carbocycles. The predicted molar refractivity (Wildman–Crippen MR) is 63.2 cm³/mol. The molecule has 0 spiro atoms. The Morgan fingerprint density at radius 3 is 2.29 bits per heavy atom. The predicted octanol–water partition coefficient (Wildman–Crippen LogP) is 2.59. The summed E-state index contributed by atoms with van der Waals surface area (Å²) in [6.45, 7) is 4.05. The van der Waals surface area contributed by atoms with Gasteiger partial charge in [-0.25, -0.2) is 0 Å². The molecule has 0 aromatic heterocycles. The smallest absolute Gasteiger partial charge is 0.124 e. The van der Waals surface area contributed by atoms with E-state index in [0.717, 1.165) is 22.4 Å². The first-order chi connectivity index (χ1) is 6.69. The van der Waals surface area contributed by atoms with Crippen LogP contribution in [0.15, 0.2) is 12.1 Å². The van der Waals surface area contributed by atoms with Crippen LogP contribution in [0.25, 0.3) is 0 Å². The number of rotatable bonds is 1. The van der Waals surface area contributed by atoms with Crippen molar-refractivity contribution >= 4 is 12.6 Å². The first kappa shape index (κ1) is 11.0. The first-order valence-corrected chi connectivity index (χ1v) is 5.07. The van der Waals surface area contributed by atoms with Crippen molar-refractivity contribution in [1.29, 1.82) is 0 Å². The number of hydrogen-bond acceptors (Lipinski definition) is 2. The molecule has 0 bridgehead atoms. The van der Waals surface area contributed by atoms with Gasteiger partial charge in [-0.05, 0) is 37.1 Å². The van der Waals surface area contributed by atoms with E-state index in [-0.39, 0.29) is 0 Å². The summed E-state index contributed by atoms with van der Waals surface area (Å²) in [6, 6.07) is 4.06. The molecular formula is C12H14OS. The van der Waals surface area contributed by atoms with E-state index in [0.29, 0.717) is 5.75 Å². The van der Waals surface area contributed by atoms with Gasteiger partial charge in [-0.15, -0.1) is 0 Å². The molecule has 0 unspecified atom stereocenters. The van der Waals surface area contributed by atoms with Gasteiger partial charge in [0, 0.05) is 5.56 Å². The lowest BCUT2D eigenvalue weighted by molar-refractivity contribution is 0.408. The van der Waals surface area contributed by atoms with E-state index in [1.807, 2.05) is 26.0 Å². The average molecular weight is 206 g/mol. The fourth-order valence-corrected chi connectivity index (χ4v) is 1.57. The molecule has 1 rings (SSSR count). The maximum absolute atomic E-state index is 5.27. The molecule has 14 heavy (non-hydrogen) atoms. The van der Waals surface area contributed by atoms with Crippen LogP contribution < -0.4 is 4.74 Å². The summed E-state index contributed by atoms with van der Waals surface area (Å²) in [5.41, 5.74) is 3.27. The molecule has 0 aliphatic rings. The minimum Gasteiger partial charge on any atom is -0.496 e. The van der Waals surface area contributed by atoms with Crippen molar-refractivity contribution in [2.24, 2.45) is 0 Å². The average Bonchev–Trinajstić information content (AvgIpc) is 2.14. The molecule has 0 saturated heterocycles. The topological polar surface area (TPSA) is 9.23 Å². The Kier molecular flexibility index (Phi) is 3.91. The quantitative estimate of drug-likeness (QED) is 0.549. The van der Waals surface area contributed by atoms with Crippen LogP contribution in [-0.2, 0) is 0 Å². The zero-order valence-electron chi connectivity index (χ0n) is 8.72. The van der Waals surface area contributed by atoms with Crippen LogP contribution >= 0.6 is 12.6 Å². The minimum absolute atomic E-state index is 0.587. The lowest BCUT2D eigenvalue weighted by Crippen LogP contribution is -1.92. The number of benzene rings is 1. The summed E-state index contributed by atoms with van der Waals surface area (Å²) in [7, 11) is 1.69. The van der Waals surface area contributed by atoms with Gasteiger partial charge in [0.1, 0.15) is 5.75 Å². The molecule has 1 aromatic rings. The highest BCUT2D eigenvalue weighted by Crippen LogP contribution is 2.23. The molecule has 1 nitrogen and oxygen atoms in total. The first-order valence-electron chi connectivity index (χ1n) is 4.44. The van der Waals surface area contributed by atoms with Crippen molar-refractivity contribution in [2.75, 3.05) is 12.9 Å². The van der Waals surface area contributed by atoms with Gasteiger partial charge >= 0.3 is 0 Å². The monoisotopic (exact) mass is 206 g/mol. The van der Waals surface area contributed by atoms with Gasteiger partial charge in [0.25, 0.3) is 0 Å². The maximum atomic E-state index is 5.27. The molecule has 0 atom stereocenters.